The van der Waals surface area contributed by atoms with Gasteiger partial charge in [0.1, 0.15) is 0 Å². The number of sulfone groups is 1. The highest BCUT2D eigenvalue weighted by atomic mass is 32.2. The molecule has 2 aromatic rings. The van der Waals surface area contributed by atoms with Crippen LogP contribution >= 0.6 is 0 Å². The normalized spacial score (nSPS) is 17.2. The van der Waals surface area contributed by atoms with Gasteiger partial charge in [0, 0.05) is 19.0 Å². The van der Waals surface area contributed by atoms with Gasteiger partial charge in [-0.25, -0.2) is 17.6 Å². The smallest absolute Gasteiger partial charge is 0.321 e. The lowest BCUT2D eigenvalue weighted by atomic mass is 9.92. The van der Waals surface area contributed by atoms with E-state index in [4.69, 9.17) is 5.26 Å². The van der Waals surface area contributed by atoms with Gasteiger partial charge in [-0.2, -0.15) is 15.5 Å². The van der Waals surface area contributed by atoms with Gasteiger partial charge in [-0.1, -0.05) is 0 Å². The quantitative estimate of drug-likeness (QED) is 0.818. The first kappa shape index (κ1) is 20.7. The summed E-state index contributed by atoms with van der Waals surface area (Å²) in [4.78, 5) is 13.7. The van der Waals surface area contributed by atoms with E-state index in [0.717, 1.165) is 6.92 Å². The van der Waals surface area contributed by atoms with Crippen molar-refractivity contribution in [1.82, 2.24) is 15.1 Å². The number of piperidine rings is 1. The number of aromatic nitrogens is 2. The molecule has 1 aliphatic heterocycles. The summed E-state index contributed by atoms with van der Waals surface area (Å²) in [5.41, 5.74) is 0.791. The first-order chi connectivity index (χ1) is 13.8. The molecule has 1 atom stereocenters. The molecule has 10 heteroatoms. The molecule has 3 rings (SSSR count). The van der Waals surface area contributed by atoms with Crippen LogP contribution in [0.25, 0.3) is 0 Å². The van der Waals surface area contributed by atoms with Gasteiger partial charge in [-0.05, 0) is 50.1 Å². The van der Waals surface area contributed by atoms with Gasteiger partial charge in [-0.15, -0.1) is 0 Å². The second kappa shape index (κ2) is 8.13. The van der Waals surface area contributed by atoms with Crippen molar-refractivity contribution in [2.45, 2.75) is 29.7 Å². The number of nitriles is 1. The molecule has 1 N–H and O–H groups in total. The number of hydrogen-bond donors (Lipinski definition) is 1. The number of alkyl halides is 1. The maximum atomic E-state index is 15.5. The van der Waals surface area contributed by atoms with Crippen LogP contribution in [0.3, 0.4) is 0 Å². The molecule has 1 aromatic carbocycles. The number of benzene rings is 1. The van der Waals surface area contributed by atoms with E-state index in [1.165, 1.54) is 41.6 Å². The summed E-state index contributed by atoms with van der Waals surface area (Å²) in [5, 5.41) is 16.3. The monoisotopic (exact) mass is 417 g/mol. The second-order valence-corrected chi connectivity index (χ2v) is 9.22. The van der Waals surface area contributed by atoms with Gasteiger partial charge < -0.3 is 10.2 Å². The van der Waals surface area contributed by atoms with Crippen LogP contribution in [0, 0.1) is 17.2 Å². The Hall–Kier alpha value is -3.06. The third kappa shape index (κ3) is 4.19. The Morgan fingerprint density at radius 1 is 1.24 bits per heavy atom. The molecule has 1 fully saturated rings. The third-order valence-corrected chi connectivity index (χ3v) is 7.44. The van der Waals surface area contributed by atoms with Crippen LogP contribution in [0.15, 0.2) is 47.6 Å². The van der Waals surface area contributed by atoms with Crippen LogP contribution in [0.5, 0.6) is 0 Å². The van der Waals surface area contributed by atoms with Crippen LogP contribution in [0.1, 0.15) is 25.3 Å². The zero-order valence-electron chi connectivity index (χ0n) is 15.7. The number of likely N-dealkylation sites (tertiary alicyclic amines) is 1. The summed E-state index contributed by atoms with van der Waals surface area (Å²) in [5.74, 6) is -0.755. The van der Waals surface area contributed by atoms with Gasteiger partial charge in [-0.3, -0.25) is 0 Å². The lowest BCUT2D eigenvalue weighted by molar-refractivity contribution is 0.117. The molecule has 1 aliphatic rings. The minimum Gasteiger partial charge on any atom is -0.325 e. The number of nitrogens with one attached hydrogen (secondary N) is 1. The summed E-state index contributed by atoms with van der Waals surface area (Å²) in [6, 6.07) is 8.34. The van der Waals surface area contributed by atoms with E-state index < -0.39 is 20.8 Å². The highest BCUT2D eigenvalue weighted by Gasteiger charge is 2.48. The van der Waals surface area contributed by atoms with E-state index in [9.17, 15) is 13.2 Å². The zero-order chi connectivity index (χ0) is 21.1. The average Bonchev–Trinajstić information content (AvgIpc) is 2.74. The Labute approximate surface area is 168 Å². The maximum absolute atomic E-state index is 15.5. The van der Waals surface area contributed by atoms with E-state index in [2.05, 4.69) is 15.5 Å². The molecular weight excluding hydrogens is 397 g/mol. The van der Waals surface area contributed by atoms with Crippen LogP contribution < -0.4 is 5.32 Å². The molecule has 2 heterocycles. The summed E-state index contributed by atoms with van der Waals surface area (Å²) in [6.07, 6.45) is 3.28. The first-order valence-electron chi connectivity index (χ1n) is 9.02. The molecule has 152 valence electrons. The van der Waals surface area contributed by atoms with Crippen molar-refractivity contribution in [3.05, 3.63) is 48.3 Å². The largest absolute Gasteiger partial charge is 0.325 e. The number of carbonyl (C=O) groups is 1. The molecular formula is C19H20FN5O3S. The second-order valence-electron chi connectivity index (χ2n) is 6.95. The number of halogens is 1. The Morgan fingerprint density at radius 3 is 2.45 bits per heavy atom. The summed E-state index contributed by atoms with van der Waals surface area (Å²) in [6.45, 7) is 1.54. The Morgan fingerprint density at radius 2 is 1.90 bits per heavy atom. The number of rotatable bonds is 4. The lowest BCUT2D eigenvalue weighted by Crippen LogP contribution is -2.48. The number of hydrogen-bond acceptors (Lipinski definition) is 6. The highest BCUT2D eigenvalue weighted by Crippen LogP contribution is 2.39. The van der Waals surface area contributed by atoms with E-state index in [-0.39, 0.29) is 36.9 Å². The first-order valence-corrected chi connectivity index (χ1v) is 10.5. The summed E-state index contributed by atoms with van der Waals surface area (Å²) in [7, 11) is -4.26. The standard InChI is InChI=1S/C19H20FN5O3S/c1-19(20,29(27,28)17-4-2-14(12-21)3-5-17)15-7-10-25(11-8-15)18(26)24-16-6-9-22-23-13-16/h2-6,9,13,15H,7-8,10-11H2,1H3,(H,22,24,26). The zero-order valence-corrected chi connectivity index (χ0v) is 16.6. The fourth-order valence-electron chi connectivity index (χ4n) is 3.32. The van der Waals surface area contributed by atoms with Crippen LogP contribution in [-0.2, 0) is 9.84 Å². The highest BCUT2D eigenvalue weighted by molar-refractivity contribution is 7.92. The van der Waals surface area contributed by atoms with Crippen molar-refractivity contribution in [2.75, 3.05) is 18.4 Å². The fraction of sp³-hybridized carbons (Fsp3) is 0.368. The number of carbonyl (C=O) groups excluding carboxylic acids is 1. The third-order valence-electron chi connectivity index (χ3n) is 5.17. The van der Waals surface area contributed by atoms with Crippen LogP contribution in [0.2, 0.25) is 0 Å². The molecule has 0 radical (unpaired) electrons. The molecule has 0 saturated carbocycles. The van der Waals surface area contributed by atoms with Gasteiger partial charge in [0.25, 0.3) is 0 Å². The van der Waals surface area contributed by atoms with Gasteiger partial charge in [0.2, 0.25) is 14.8 Å². The molecule has 0 aliphatic carbocycles. The minimum absolute atomic E-state index is 0.160. The molecule has 29 heavy (non-hydrogen) atoms. The number of urea groups is 1. The average molecular weight is 417 g/mol. The molecule has 0 spiro atoms. The molecule has 1 saturated heterocycles. The van der Waals surface area contributed by atoms with Crippen molar-refractivity contribution in [1.29, 1.82) is 5.26 Å². The van der Waals surface area contributed by atoms with Crippen LogP contribution in [0.4, 0.5) is 14.9 Å². The predicted molar refractivity (Wildman–Crippen MR) is 103 cm³/mol. The van der Waals surface area contributed by atoms with Crippen molar-refractivity contribution in [3.8, 4) is 6.07 Å². The molecule has 0 bridgehead atoms. The van der Waals surface area contributed by atoms with E-state index in [0.29, 0.717) is 11.3 Å². The molecule has 2 amide bonds. The molecule has 8 nitrogen and oxygen atoms in total. The molecule has 1 unspecified atom stereocenters. The fourth-order valence-corrected chi connectivity index (χ4v) is 4.95. The maximum Gasteiger partial charge on any atom is 0.321 e. The SMILES string of the molecule is CC(F)(C1CCN(C(=O)Nc2ccnnc2)CC1)S(=O)(=O)c1ccc(C#N)cc1. The van der Waals surface area contributed by atoms with E-state index in [1.54, 1.807) is 6.07 Å². The van der Waals surface area contributed by atoms with Crippen molar-refractivity contribution >= 4 is 21.6 Å². The van der Waals surface area contributed by atoms with Gasteiger partial charge in [0.15, 0.2) is 0 Å². The van der Waals surface area contributed by atoms with Crippen molar-refractivity contribution in [2.24, 2.45) is 5.92 Å². The van der Waals surface area contributed by atoms with Gasteiger partial charge in [0.05, 0.1) is 34.6 Å². The Balaban J connectivity index is 1.67. The van der Waals surface area contributed by atoms with E-state index in [1.807, 2.05) is 6.07 Å². The topological polar surface area (TPSA) is 116 Å². The Bertz CT molecular complexity index is 1010. The number of amides is 2. The van der Waals surface area contributed by atoms with E-state index >= 15 is 4.39 Å². The van der Waals surface area contributed by atoms with Crippen molar-refractivity contribution in [3.63, 3.8) is 0 Å². The summed E-state index contributed by atoms with van der Waals surface area (Å²) < 4.78 is 41.2. The van der Waals surface area contributed by atoms with Gasteiger partial charge >= 0.3 is 6.03 Å². The predicted octanol–water partition coefficient (Wildman–Crippen LogP) is 2.75. The lowest BCUT2D eigenvalue weighted by Gasteiger charge is -2.37. The van der Waals surface area contributed by atoms with Crippen molar-refractivity contribution < 1.29 is 17.6 Å². The number of nitrogens with zero attached hydrogens (tertiary/aromatic N) is 4. The summed E-state index contributed by atoms with van der Waals surface area (Å²) >= 11 is 0. The molecule has 1 aromatic heterocycles. The Kier molecular flexibility index (Phi) is 5.79. The minimum atomic E-state index is -4.26. The number of anilines is 1. The van der Waals surface area contributed by atoms with Crippen LogP contribution in [-0.4, -0.2) is 47.6 Å².